The molecule has 0 aliphatic heterocycles. The topological polar surface area (TPSA) is 59.6 Å². The van der Waals surface area contributed by atoms with Gasteiger partial charge >= 0.3 is 0 Å². The van der Waals surface area contributed by atoms with E-state index < -0.39 is 0 Å². The predicted octanol–water partition coefficient (Wildman–Crippen LogP) is 3.89. The maximum Gasteiger partial charge on any atom is 0.193 e. The van der Waals surface area contributed by atoms with E-state index in [1.165, 1.54) is 24.0 Å². The molecule has 24 heavy (non-hydrogen) atoms. The van der Waals surface area contributed by atoms with Crippen molar-refractivity contribution in [1.82, 2.24) is 0 Å². The second-order valence-corrected chi connectivity index (χ2v) is 6.47. The maximum absolute atomic E-state index is 6.01. The van der Waals surface area contributed by atoms with Crippen molar-refractivity contribution in [3.63, 3.8) is 0 Å². The van der Waals surface area contributed by atoms with E-state index in [0.29, 0.717) is 12.5 Å². The molecule has 2 aromatic carbocycles. The molecule has 0 unspecified atom stereocenters. The molecule has 4 nitrogen and oxygen atoms in total. The van der Waals surface area contributed by atoms with Crippen LogP contribution in [0.1, 0.15) is 37.0 Å². The zero-order valence-electron chi connectivity index (χ0n) is 14.4. The average molecular weight is 323 g/mol. The first kappa shape index (κ1) is 16.4. The number of hydrogen-bond acceptors (Lipinski definition) is 2. The Balaban J connectivity index is 1.58. The number of rotatable bonds is 5. The number of benzene rings is 2. The maximum atomic E-state index is 6.01. The van der Waals surface area contributed by atoms with Gasteiger partial charge in [0.2, 0.25) is 0 Å². The van der Waals surface area contributed by atoms with Crippen LogP contribution in [0.15, 0.2) is 47.5 Å². The van der Waals surface area contributed by atoms with Crippen LogP contribution >= 0.6 is 0 Å². The first-order valence-corrected chi connectivity index (χ1v) is 8.54. The third kappa shape index (κ3) is 4.28. The van der Waals surface area contributed by atoms with Crippen LogP contribution in [-0.4, -0.2) is 12.1 Å². The monoisotopic (exact) mass is 323 g/mol. The molecule has 0 heterocycles. The van der Waals surface area contributed by atoms with E-state index in [1.807, 2.05) is 38.1 Å². The van der Waals surface area contributed by atoms with E-state index in [2.05, 4.69) is 28.5 Å². The number of fused-ring (bicyclic) bond motifs is 1. The average Bonchev–Trinajstić information content (AvgIpc) is 3.01. The quantitative estimate of drug-likeness (QED) is 0.648. The van der Waals surface area contributed by atoms with Crippen molar-refractivity contribution >= 4 is 11.6 Å². The molecule has 0 saturated carbocycles. The van der Waals surface area contributed by atoms with Gasteiger partial charge in [0.05, 0.1) is 12.6 Å². The number of ether oxygens (including phenoxy) is 1. The molecule has 0 amide bonds. The Bertz CT molecular complexity index is 720. The zero-order chi connectivity index (χ0) is 16.9. The van der Waals surface area contributed by atoms with Gasteiger partial charge in [-0.3, -0.25) is 0 Å². The fourth-order valence-corrected chi connectivity index (χ4v) is 2.96. The minimum atomic E-state index is 0.182. The molecule has 126 valence electrons. The molecule has 0 aromatic heterocycles. The van der Waals surface area contributed by atoms with Crippen LogP contribution < -0.4 is 15.8 Å². The summed E-state index contributed by atoms with van der Waals surface area (Å²) in [7, 11) is 0. The number of aliphatic imine (C=N–C) groups is 1. The summed E-state index contributed by atoms with van der Waals surface area (Å²) in [5.74, 6) is 1.32. The van der Waals surface area contributed by atoms with Crippen LogP contribution in [0.2, 0.25) is 0 Å². The lowest BCUT2D eigenvalue weighted by molar-refractivity contribution is 0.242. The Hall–Kier alpha value is -2.49. The van der Waals surface area contributed by atoms with Gasteiger partial charge in [0, 0.05) is 5.69 Å². The van der Waals surface area contributed by atoms with Crippen LogP contribution in [0.4, 0.5) is 5.69 Å². The summed E-state index contributed by atoms with van der Waals surface area (Å²) >= 11 is 0. The number of anilines is 1. The molecule has 0 radical (unpaired) electrons. The van der Waals surface area contributed by atoms with E-state index in [1.54, 1.807) is 0 Å². The van der Waals surface area contributed by atoms with Crippen molar-refractivity contribution in [2.75, 3.05) is 5.32 Å². The van der Waals surface area contributed by atoms with Crippen molar-refractivity contribution in [2.24, 2.45) is 10.7 Å². The van der Waals surface area contributed by atoms with Gasteiger partial charge in [-0.15, -0.1) is 0 Å². The summed E-state index contributed by atoms with van der Waals surface area (Å²) in [6.45, 7) is 4.58. The van der Waals surface area contributed by atoms with Crippen molar-refractivity contribution < 1.29 is 4.74 Å². The first-order chi connectivity index (χ1) is 11.6. The highest BCUT2D eigenvalue weighted by atomic mass is 16.5. The second kappa shape index (κ2) is 7.39. The third-order valence-corrected chi connectivity index (χ3v) is 4.10. The Morgan fingerprint density at radius 2 is 1.88 bits per heavy atom. The van der Waals surface area contributed by atoms with Crippen LogP contribution in [-0.2, 0) is 19.4 Å². The van der Waals surface area contributed by atoms with Gasteiger partial charge < -0.3 is 15.8 Å². The summed E-state index contributed by atoms with van der Waals surface area (Å²) in [4.78, 5) is 4.42. The smallest absolute Gasteiger partial charge is 0.193 e. The van der Waals surface area contributed by atoms with Gasteiger partial charge in [0.25, 0.3) is 0 Å². The molecule has 0 saturated heterocycles. The minimum absolute atomic E-state index is 0.182. The summed E-state index contributed by atoms with van der Waals surface area (Å²) in [6.07, 6.45) is 3.78. The van der Waals surface area contributed by atoms with E-state index in [0.717, 1.165) is 23.4 Å². The molecule has 3 rings (SSSR count). The first-order valence-electron chi connectivity index (χ1n) is 8.54. The molecular formula is C20H25N3O. The van der Waals surface area contributed by atoms with Crippen molar-refractivity contribution in [2.45, 2.75) is 45.8 Å². The fourth-order valence-electron chi connectivity index (χ4n) is 2.96. The van der Waals surface area contributed by atoms with Gasteiger partial charge in [0.1, 0.15) is 5.75 Å². The molecule has 4 heteroatoms. The van der Waals surface area contributed by atoms with Gasteiger partial charge in [-0.05, 0) is 74.1 Å². The molecule has 3 N–H and O–H groups in total. The van der Waals surface area contributed by atoms with Gasteiger partial charge in [-0.2, -0.15) is 0 Å². The van der Waals surface area contributed by atoms with E-state index in [-0.39, 0.29) is 6.10 Å². The summed E-state index contributed by atoms with van der Waals surface area (Å²) in [5, 5.41) is 3.18. The number of hydrogen-bond donors (Lipinski definition) is 2. The lowest BCUT2D eigenvalue weighted by Crippen LogP contribution is -2.22. The molecule has 0 atom stereocenters. The van der Waals surface area contributed by atoms with Crippen LogP contribution in [0, 0.1) is 0 Å². The van der Waals surface area contributed by atoms with Crippen molar-refractivity contribution in [3.8, 4) is 5.75 Å². The molecule has 2 aromatic rings. The minimum Gasteiger partial charge on any atom is -0.491 e. The lowest BCUT2D eigenvalue weighted by atomic mass is 10.1. The molecule has 1 aliphatic carbocycles. The lowest BCUT2D eigenvalue weighted by Gasteiger charge is -2.10. The summed E-state index contributed by atoms with van der Waals surface area (Å²) in [5.41, 5.74) is 11.0. The highest BCUT2D eigenvalue weighted by molar-refractivity contribution is 5.92. The third-order valence-electron chi connectivity index (χ3n) is 4.10. The van der Waals surface area contributed by atoms with E-state index in [4.69, 9.17) is 10.5 Å². The van der Waals surface area contributed by atoms with Crippen LogP contribution in [0.5, 0.6) is 5.75 Å². The van der Waals surface area contributed by atoms with Crippen molar-refractivity contribution in [1.29, 1.82) is 0 Å². The zero-order valence-corrected chi connectivity index (χ0v) is 14.4. The van der Waals surface area contributed by atoms with Crippen molar-refractivity contribution in [3.05, 3.63) is 59.2 Å². The summed E-state index contributed by atoms with van der Waals surface area (Å²) in [6, 6.07) is 14.4. The standard InChI is InChI=1S/C20H25N3O/c1-14(2)24-19-10-6-15(7-11-19)13-22-20(21)23-18-9-8-16-4-3-5-17(16)12-18/h6-12,14H,3-5,13H2,1-2H3,(H3,21,22,23). The molecule has 0 spiro atoms. The van der Waals surface area contributed by atoms with E-state index >= 15 is 0 Å². The van der Waals surface area contributed by atoms with Gasteiger partial charge in [-0.1, -0.05) is 18.2 Å². The second-order valence-electron chi connectivity index (χ2n) is 6.47. The molecule has 0 bridgehead atoms. The highest BCUT2D eigenvalue weighted by Crippen LogP contribution is 2.24. The Labute approximate surface area is 143 Å². The van der Waals surface area contributed by atoms with E-state index in [9.17, 15) is 0 Å². The molecule has 0 fully saturated rings. The molecular weight excluding hydrogens is 298 g/mol. The number of nitrogens with two attached hydrogens (primary N) is 1. The Morgan fingerprint density at radius 3 is 2.62 bits per heavy atom. The number of nitrogens with one attached hydrogen (secondary N) is 1. The van der Waals surface area contributed by atoms with Crippen LogP contribution in [0.3, 0.4) is 0 Å². The number of aryl methyl sites for hydroxylation is 2. The Kier molecular flexibility index (Phi) is 5.04. The predicted molar refractivity (Wildman–Crippen MR) is 99.6 cm³/mol. The number of guanidine groups is 1. The largest absolute Gasteiger partial charge is 0.491 e. The normalized spacial score (nSPS) is 13.9. The van der Waals surface area contributed by atoms with Gasteiger partial charge in [0.15, 0.2) is 5.96 Å². The highest BCUT2D eigenvalue weighted by Gasteiger charge is 2.10. The Morgan fingerprint density at radius 1 is 1.12 bits per heavy atom. The SMILES string of the molecule is CC(C)Oc1ccc(CN=C(N)Nc2ccc3c(c2)CCC3)cc1. The van der Waals surface area contributed by atoms with Gasteiger partial charge in [-0.25, -0.2) is 4.99 Å². The fraction of sp³-hybridized carbons (Fsp3) is 0.350. The molecule has 1 aliphatic rings. The summed E-state index contributed by atoms with van der Waals surface area (Å²) < 4.78 is 5.64. The number of nitrogens with zero attached hydrogens (tertiary/aromatic N) is 1. The van der Waals surface area contributed by atoms with Crippen LogP contribution in [0.25, 0.3) is 0 Å².